The van der Waals surface area contributed by atoms with Gasteiger partial charge in [-0.2, -0.15) is 4.98 Å². The predicted octanol–water partition coefficient (Wildman–Crippen LogP) is 2.93. The Labute approximate surface area is 117 Å². The molecule has 0 aliphatic heterocycles. The first-order valence-electron chi connectivity index (χ1n) is 6.58. The molecule has 1 saturated carbocycles. The van der Waals surface area contributed by atoms with Gasteiger partial charge in [-0.15, -0.1) is 11.6 Å². The topological polar surface area (TPSA) is 52.8 Å². The van der Waals surface area contributed by atoms with E-state index in [9.17, 15) is 0 Å². The summed E-state index contributed by atoms with van der Waals surface area (Å²) >= 11 is 6.04. The summed E-state index contributed by atoms with van der Waals surface area (Å²) in [4.78, 5) is 13.0. The summed E-state index contributed by atoms with van der Waals surface area (Å²) in [5.74, 6) is 2.42. The molecule has 102 valence electrons. The van der Waals surface area contributed by atoms with Gasteiger partial charge in [0.1, 0.15) is 12.2 Å². The van der Waals surface area contributed by atoms with Gasteiger partial charge in [0.2, 0.25) is 5.88 Å². The van der Waals surface area contributed by atoms with E-state index in [-0.39, 0.29) is 0 Å². The summed E-state index contributed by atoms with van der Waals surface area (Å²) in [5.41, 5.74) is 1.52. The summed E-state index contributed by atoms with van der Waals surface area (Å²) in [6.45, 7) is 2.22. The van der Waals surface area contributed by atoms with E-state index in [2.05, 4.69) is 26.4 Å². The van der Waals surface area contributed by atoms with E-state index < -0.39 is 0 Å². The van der Waals surface area contributed by atoms with Crippen LogP contribution in [0, 0.1) is 5.92 Å². The van der Waals surface area contributed by atoms with Gasteiger partial charge in [-0.3, -0.25) is 0 Å². The summed E-state index contributed by atoms with van der Waals surface area (Å²) in [5, 5.41) is 0. The first kappa shape index (κ1) is 12.7. The molecule has 0 aromatic carbocycles. The molecule has 0 N–H and O–H groups in total. The van der Waals surface area contributed by atoms with Gasteiger partial charge in [0, 0.05) is 6.04 Å². The zero-order valence-corrected chi connectivity index (χ0v) is 11.9. The molecule has 0 bridgehead atoms. The molecule has 1 atom stereocenters. The maximum atomic E-state index is 6.04. The number of hydrogen-bond donors (Lipinski definition) is 0. The third kappa shape index (κ3) is 1.96. The molecule has 0 radical (unpaired) electrons. The zero-order chi connectivity index (χ0) is 13.4. The Kier molecular flexibility index (Phi) is 3.31. The maximum Gasteiger partial charge on any atom is 0.245 e. The van der Waals surface area contributed by atoms with E-state index in [0.29, 0.717) is 29.2 Å². The van der Waals surface area contributed by atoms with E-state index in [1.165, 1.54) is 25.6 Å². The first-order valence-corrected chi connectivity index (χ1v) is 7.11. The van der Waals surface area contributed by atoms with Crippen LogP contribution in [-0.2, 0) is 5.88 Å². The monoisotopic (exact) mass is 280 g/mol. The van der Waals surface area contributed by atoms with Crippen molar-refractivity contribution < 1.29 is 4.74 Å². The second-order valence-electron chi connectivity index (χ2n) is 5.02. The molecule has 5 nitrogen and oxygen atoms in total. The molecule has 3 rings (SSSR count). The standard InChI is InChI=1S/C13H17ClN4O/c1-8(9-4-3-5-9)18-10(6-14)17-11-12(18)15-7-16-13(11)19-2/h7-9H,3-6H2,1-2H3. The largest absolute Gasteiger partial charge is 0.479 e. The number of aromatic nitrogens is 4. The van der Waals surface area contributed by atoms with Crippen molar-refractivity contribution in [3.05, 3.63) is 12.2 Å². The van der Waals surface area contributed by atoms with Crippen molar-refractivity contribution in [3.8, 4) is 5.88 Å². The number of hydrogen-bond acceptors (Lipinski definition) is 4. The molecule has 1 aliphatic rings. The van der Waals surface area contributed by atoms with Crippen molar-refractivity contribution in [1.82, 2.24) is 19.5 Å². The quantitative estimate of drug-likeness (QED) is 0.808. The highest BCUT2D eigenvalue weighted by Crippen LogP contribution is 2.38. The maximum absolute atomic E-state index is 6.04. The summed E-state index contributed by atoms with van der Waals surface area (Å²) in [6.07, 6.45) is 5.37. The fourth-order valence-corrected chi connectivity index (χ4v) is 2.93. The first-order chi connectivity index (χ1) is 9.26. The number of methoxy groups -OCH3 is 1. The fourth-order valence-electron chi connectivity index (χ4n) is 2.74. The number of ether oxygens (including phenoxy) is 1. The van der Waals surface area contributed by atoms with Crippen LogP contribution in [0.15, 0.2) is 6.33 Å². The molecular formula is C13H17ClN4O. The number of nitrogens with zero attached hydrogens (tertiary/aromatic N) is 4. The Balaban J connectivity index is 2.15. The lowest BCUT2D eigenvalue weighted by Crippen LogP contribution is -2.24. The molecule has 1 fully saturated rings. The predicted molar refractivity (Wildman–Crippen MR) is 73.5 cm³/mol. The van der Waals surface area contributed by atoms with E-state index in [1.807, 2.05) is 0 Å². The number of halogens is 1. The minimum atomic E-state index is 0.368. The Morgan fingerprint density at radius 3 is 2.84 bits per heavy atom. The van der Waals surface area contributed by atoms with Crippen LogP contribution in [0.1, 0.15) is 38.1 Å². The third-order valence-corrected chi connectivity index (χ3v) is 4.31. The third-order valence-electron chi connectivity index (χ3n) is 4.07. The van der Waals surface area contributed by atoms with Crippen LogP contribution in [0.25, 0.3) is 11.2 Å². The van der Waals surface area contributed by atoms with Crippen LogP contribution in [0.2, 0.25) is 0 Å². The Bertz CT molecular complexity index is 594. The lowest BCUT2D eigenvalue weighted by atomic mass is 9.80. The van der Waals surface area contributed by atoms with E-state index >= 15 is 0 Å². The van der Waals surface area contributed by atoms with Crippen LogP contribution in [0.5, 0.6) is 5.88 Å². The molecule has 1 unspecified atom stereocenters. The van der Waals surface area contributed by atoms with Crippen LogP contribution >= 0.6 is 11.6 Å². The van der Waals surface area contributed by atoms with Crippen LogP contribution in [-0.4, -0.2) is 26.6 Å². The SMILES string of the molecule is COc1ncnc2c1nc(CCl)n2C(C)C1CCC1. The van der Waals surface area contributed by atoms with Gasteiger partial charge in [0.25, 0.3) is 0 Å². The smallest absolute Gasteiger partial charge is 0.245 e. The minimum Gasteiger partial charge on any atom is -0.479 e. The van der Waals surface area contributed by atoms with Crippen molar-refractivity contribution in [1.29, 1.82) is 0 Å². The van der Waals surface area contributed by atoms with Crippen molar-refractivity contribution in [2.75, 3.05) is 7.11 Å². The Morgan fingerprint density at radius 2 is 2.26 bits per heavy atom. The average Bonchev–Trinajstić information content (AvgIpc) is 2.74. The molecule has 0 saturated heterocycles. The molecule has 1 aliphatic carbocycles. The second-order valence-corrected chi connectivity index (χ2v) is 5.29. The number of alkyl halides is 1. The van der Waals surface area contributed by atoms with Crippen LogP contribution < -0.4 is 4.74 Å². The Hall–Kier alpha value is -1.36. The van der Waals surface area contributed by atoms with Crippen molar-refractivity contribution in [2.24, 2.45) is 5.92 Å². The van der Waals surface area contributed by atoms with Crippen LogP contribution in [0.4, 0.5) is 0 Å². The van der Waals surface area contributed by atoms with Crippen molar-refractivity contribution >= 4 is 22.8 Å². The summed E-state index contributed by atoms with van der Waals surface area (Å²) in [7, 11) is 1.59. The molecule has 2 heterocycles. The second kappa shape index (κ2) is 4.96. The molecule has 6 heteroatoms. The fraction of sp³-hybridized carbons (Fsp3) is 0.615. The van der Waals surface area contributed by atoms with Gasteiger partial charge in [-0.25, -0.2) is 9.97 Å². The Morgan fingerprint density at radius 1 is 1.47 bits per heavy atom. The van der Waals surface area contributed by atoms with Gasteiger partial charge in [0.05, 0.1) is 13.0 Å². The van der Waals surface area contributed by atoms with Crippen LogP contribution in [0.3, 0.4) is 0 Å². The molecule has 0 spiro atoms. The van der Waals surface area contributed by atoms with Crippen molar-refractivity contribution in [2.45, 2.75) is 38.1 Å². The van der Waals surface area contributed by atoms with Crippen molar-refractivity contribution in [3.63, 3.8) is 0 Å². The van der Waals surface area contributed by atoms with Gasteiger partial charge in [-0.1, -0.05) is 6.42 Å². The summed E-state index contributed by atoms with van der Waals surface area (Å²) in [6, 6.07) is 0.368. The van der Waals surface area contributed by atoms with E-state index in [0.717, 1.165) is 11.5 Å². The average molecular weight is 281 g/mol. The normalized spacial score (nSPS) is 17.4. The number of rotatable bonds is 4. The van der Waals surface area contributed by atoms with Gasteiger partial charge in [-0.05, 0) is 25.7 Å². The molecule has 19 heavy (non-hydrogen) atoms. The van der Waals surface area contributed by atoms with E-state index in [4.69, 9.17) is 16.3 Å². The van der Waals surface area contributed by atoms with Gasteiger partial charge in [0.15, 0.2) is 11.2 Å². The van der Waals surface area contributed by atoms with Gasteiger partial charge >= 0.3 is 0 Å². The highest BCUT2D eigenvalue weighted by molar-refractivity contribution is 6.16. The lowest BCUT2D eigenvalue weighted by Gasteiger charge is -2.33. The molecule has 0 amide bonds. The molecule has 2 aromatic rings. The summed E-state index contributed by atoms with van der Waals surface area (Å²) < 4.78 is 7.40. The number of fused-ring (bicyclic) bond motifs is 1. The molecular weight excluding hydrogens is 264 g/mol. The van der Waals surface area contributed by atoms with Gasteiger partial charge < -0.3 is 9.30 Å². The zero-order valence-electron chi connectivity index (χ0n) is 11.1. The van der Waals surface area contributed by atoms with E-state index in [1.54, 1.807) is 7.11 Å². The highest BCUT2D eigenvalue weighted by Gasteiger charge is 2.29. The number of imidazole rings is 1. The minimum absolute atomic E-state index is 0.368. The lowest BCUT2D eigenvalue weighted by molar-refractivity contribution is 0.223. The highest BCUT2D eigenvalue weighted by atomic mass is 35.5. The molecule has 2 aromatic heterocycles.